The fraction of sp³-hybridized carbons (Fsp3) is 0.391. The number of rotatable bonds is 11. The molecule has 0 aliphatic heterocycles. The van der Waals surface area contributed by atoms with Crippen molar-refractivity contribution in [2.24, 2.45) is 5.92 Å². The predicted molar refractivity (Wildman–Crippen MR) is 110 cm³/mol. The highest BCUT2D eigenvalue weighted by Crippen LogP contribution is 2.17. The van der Waals surface area contributed by atoms with Crippen molar-refractivity contribution in [1.29, 1.82) is 0 Å². The molecule has 0 radical (unpaired) electrons. The summed E-state index contributed by atoms with van der Waals surface area (Å²) in [6.45, 7) is 5.31. The topological polar surface area (TPSA) is 64.6 Å². The van der Waals surface area contributed by atoms with Crippen molar-refractivity contribution < 1.29 is 19.1 Å². The number of carbonyl (C=O) groups is 2. The maximum atomic E-state index is 12.0. The molecule has 2 rings (SSSR count). The molecule has 0 bridgehead atoms. The van der Waals surface area contributed by atoms with Gasteiger partial charge in [-0.25, -0.2) is 0 Å². The number of benzene rings is 2. The van der Waals surface area contributed by atoms with Gasteiger partial charge in [0.2, 0.25) is 5.91 Å². The van der Waals surface area contributed by atoms with E-state index in [9.17, 15) is 9.59 Å². The first-order valence-corrected chi connectivity index (χ1v) is 9.75. The molecule has 0 heterocycles. The third kappa shape index (κ3) is 8.71. The van der Waals surface area contributed by atoms with Gasteiger partial charge in [-0.3, -0.25) is 9.59 Å². The smallest absolute Gasteiger partial charge is 0.306 e. The van der Waals surface area contributed by atoms with Crippen LogP contribution in [0, 0.1) is 5.92 Å². The maximum absolute atomic E-state index is 12.0. The quantitative estimate of drug-likeness (QED) is 0.575. The van der Waals surface area contributed by atoms with Gasteiger partial charge < -0.3 is 14.8 Å². The zero-order valence-corrected chi connectivity index (χ0v) is 16.6. The minimum atomic E-state index is -0.361. The summed E-state index contributed by atoms with van der Waals surface area (Å²) < 4.78 is 10.8. The summed E-state index contributed by atoms with van der Waals surface area (Å²) in [5, 5.41) is 2.78. The van der Waals surface area contributed by atoms with Gasteiger partial charge in [0.25, 0.3) is 0 Å². The number of hydrogen-bond donors (Lipinski definition) is 1. The Bertz CT molecular complexity index is 726. The zero-order chi connectivity index (χ0) is 20.2. The summed E-state index contributed by atoms with van der Waals surface area (Å²) >= 11 is 0. The van der Waals surface area contributed by atoms with Crippen LogP contribution in [0.3, 0.4) is 0 Å². The molecule has 28 heavy (non-hydrogen) atoms. The molecule has 150 valence electrons. The van der Waals surface area contributed by atoms with Crippen LogP contribution in [0.25, 0.3) is 0 Å². The van der Waals surface area contributed by atoms with E-state index in [2.05, 4.69) is 19.2 Å². The number of carbonyl (C=O) groups excluding carboxylic acids is 2. The van der Waals surface area contributed by atoms with Crippen LogP contribution in [0.15, 0.2) is 54.6 Å². The summed E-state index contributed by atoms with van der Waals surface area (Å²) in [6.07, 6.45) is 1.83. The average molecular weight is 383 g/mol. The van der Waals surface area contributed by atoms with E-state index in [1.807, 2.05) is 42.5 Å². The second-order valence-corrected chi connectivity index (χ2v) is 7.06. The Labute approximate surface area is 167 Å². The third-order valence-electron chi connectivity index (χ3n) is 4.15. The molecule has 1 amide bonds. The maximum Gasteiger partial charge on any atom is 0.306 e. The van der Waals surface area contributed by atoms with E-state index in [1.165, 1.54) is 0 Å². The second kappa shape index (κ2) is 11.8. The minimum Gasteiger partial charge on any atom is -0.494 e. The van der Waals surface area contributed by atoms with E-state index in [0.717, 1.165) is 17.7 Å². The van der Waals surface area contributed by atoms with E-state index >= 15 is 0 Å². The molecule has 0 unspecified atom stereocenters. The van der Waals surface area contributed by atoms with Crippen LogP contribution in [-0.2, 0) is 20.7 Å². The minimum absolute atomic E-state index is 0.0665. The molecule has 5 heteroatoms. The van der Waals surface area contributed by atoms with Crippen molar-refractivity contribution in [3.05, 3.63) is 60.2 Å². The molecule has 0 aliphatic rings. The molecule has 0 atom stereocenters. The van der Waals surface area contributed by atoms with Gasteiger partial charge in [-0.15, -0.1) is 0 Å². The van der Waals surface area contributed by atoms with Crippen molar-refractivity contribution in [2.75, 3.05) is 18.5 Å². The SMILES string of the molecule is CC(C)CCOc1ccc(NC(=O)CCC(=O)OCCc2ccccc2)cc1. The Kier molecular flexibility index (Phi) is 9.05. The molecule has 1 N–H and O–H groups in total. The average Bonchev–Trinajstić information content (AvgIpc) is 2.68. The highest BCUT2D eigenvalue weighted by molar-refractivity contribution is 5.92. The first-order valence-electron chi connectivity index (χ1n) is 9.75. The lowest BCUT2D eigenvalue weighted by Gasteiger charge is -2.09. The van der Waals surface area contributed by atoms with E-state index in [0.29, 0.717) is 31.2 Å². The first-order chi connectivity index (χ1) is 13.5. The van der Waals surface area contributed by atoms with E-state index < -0.39 is 0 Å². The van der Waals surface area contributed by atoms with E-state index in [1.54, 1.807) is 12.1 Å². The highest BCUT2D eigenvalue weighted by atomic mass is 16.5. The Morgan fingerprint density at radius 3 is 2.32 bits per heavy atom. The Morgan fingerprint density at radius 2 is 1.64 bits per heavy atom. The summed E-state index contributed by atoms with van der Waals surface area (Å²) in [6, 6.07) is 17.1. The first kappa shape index (κ1) is 21.5. The number of anilines is 1. The second-order valence-electron chi connectivity index (χ2n) is 7.06. The van der Waals surface area contributed by atoms with Crippen LogP contribution in [-0.4, -0.2) is 25.1 Å². The number of amides is 1. The molecule has 0 aliphatic carbocycles. The van der Waals surface area contributed by atoms with Crippen molar-refractivity contribution in [3.63, 3.8) is 0 Å². The summed E-state index contributed by atoms with van der Waals surface area (Å²) in [4.78, 5) is 23.8. The fourth-order valence-electron chi connectivity index (χ4n) is 2.49. The lowest BCUT2D eigenvalue weighted by atomic mass is 10.1. The van der Waals surface area contributed by atoms with Gasteiger partial charge >= 0.3 is 5.97 Å². The predicted octanol–water partition coefficient (Wildman–Crippen LogP) is 4.62. The van der Waals surface area contributed by atoms with E-state index in [-0.39, 0.29) is 24.7 Å². The van der Waals surface area contributed by atoms with Crippen LogP contribution in [0.1, 0.15) is 38.7 Å². The summed E-state index contributed by atoms with van der Waals surface area (Å²) in [5.74, 6) is 0.803. The Morgan fingerprint density at radius 1 is 0.929 bits per heavy atom. The number of esters is 1. The highest BCUT2D eigenvalue weighted by Gasteiger charge is 2.09. The van der Waals surface area contributed by atoms with Gasteiger partial charge in [0.1, 0.15) is 5.75 Å². The lowest BCUT2D eigenvalue weighted by molar-refractivity contribution is -0.144. The summed E-state index contributed by atoms with van der Waals surface area (Å²) in [5.41, 5.74) is 1.79. The number of hydrogen-bond acceptors (Lipinski definition) is 4. The Hall–Kier alpha value is -2.82. The van der Waals surface area contributed by atoms with Gasteiger partial charge in [0.15, 0.2) is 0 Å². The molecule has 0 saturated heterocycles. The van der Waals surface area contributed by atoms with Crippen LogP contribution >= 0.6 is 0 Å². The normalized spacial score (nSPS) is 10.5. The lowest BCUT2D eigenvalue weighted by Crippen LogP contribution is -2.15. The van der Waals surface area contributed by atoms with E-state index in [4.69, 9.17) is 9.47 Å². The molecule has 2 aromatic rings. The van der Waals surface area contributed by atoms with Gasteiger partial charge in [0, 0.05) is 18.5 Å². The molecule has 0 spiro atoms. The summed E-state index contributed by atoms with van der Waals surface area (Å²) in [7, 11) is 0. The fourth-order valence-corrected chi connectivity index (χ4v) is 2.49. The third-order valence-corrected chi connectivity index (χ3v) is 4.15. The number of nitrogens with one attached hydrogen (secondary N) is 1. The number of ether oxygens (including phenoxy) is 2. The van der Waals surface area contributed by atoms with Crippen molar-refractivity contribution in [2.45, 2.75) is 39.5 Å². The van der Waals surface area contributed by atoms with Crippen molar-refractivity contribution in [3.8, 4) is 5.75 Å². The Balaban J connectivity index is 1.62. The molecule has 0 aromatic heterocycles. The van der Waals surface area contributed by atoms with Gasteiger partial charge in [-0.2, -0.15) is 0 Å². The monoisotopic (exact) mass is 383 g/mol. The van der Waals surface area contributed by atoms with Crippen molar-refractivity contribution in [1.82, 2.24) is 0 Å². The van der Waals surface area contributed by atoms with Crippen LogP contribution in [0.4, 0.5) is 5.69 Å². The molecular weight excluding hydrogens is 354 g/mol. The molecule has 0 fully saturated rings. The van der Waals surface area contributed by atoms with Gasteiger partial charge in [-0.1, -0.05) is 44.2 Å². The molecule has 5 nitrogen and oxygen atoms in total. The van der Waals surface area contributed by atoms with Gasteiger partial charge in [-0.05, 0) is 42.2 Å². The van der Waals surface area contributed by atoms with Crippen LogP contribution < -0.4 is 10.1 Å². The van der Waals surface area contributed by atoms with Crippen LogP contribution in [0.2, 0.25) is 0 Å². The molecule has 2 aromatic carbocycles. The standard InChI is InChI=1S/C23H29NO4/c1-18(2)14-16-27-21-10-8-20(9-11-21)24-22(25)12-13-23(26)28-17-15-19-6-4-3-5-7-19/h3-11,18H,12-17H2,1-2H3,(H,24,25). The zero-order valence-electron chi connectivity index (χ0n) is 16.6. The molecule has 0 saturated carbocycles. The largest absolute Gasteiger partial charge is 0.494 e. The van der Waals surface area contributed by atoms with Crippen LogP contribution in [0.5, 0.6) is 5.75 Å². The molecular formula is C23H29NO4. The van der Waals surface area contributed by atoms with Gasteiger partial charge in [0.05, 0.1) is 19.6 Å². The van der Waals surface area contributed by atoms with Crippen molar-refractivity contribution >= 4 is 17.6 Å².